The number of aliphatic hydroxyl groups is 7. The normalized spacial score (nSPS) is 31.3. The van der Waals surface area contributed by atoms with Gasteiger partial charge in [0.15, 0.2) is 12.6 Å². The van der Waals surface area contributed by atoms with E-state index in [2.05, 4.69) is 21.3 Å². The van der Waals surface area contributed by atoms with Crippen LogP contribution < -0.4 is 21.3 Å². The summed E-state index contributed by atoms with van der Waals surface area (Å²) in [7, 11) is 1.66. The Hall–Kier alpha value is -2.11. The molecular weight excluding hydrogens is 642 g/mol. The molecule has 48 heavy (non-hydrogen) atoms. The van der Waals surface area contributed by atoms with Gasteiger partial charge >= 0.3 is 0 Å². The van der Waals surface area contributed by atoms with E-state index in [-0.39, 0.29) is 45.9 Å². The number of carbonyl (C=O) groups is 3. The molecule has 2 aliphatic heterocycles. The Balaban J connectivity index is 1.81. The molecule has 11 atom stereocenters. The number of nitrogens with one attached hydrogen (secondary N) is 4. The van der Waals surface area contributed by atoms with E-state index >= 15 is 0 Å². The van der Waals surface area contributed by atoms with Crippen molar-refractivity contribution < 1.29 is 69.1 Å². The van der Waals surface area contributed by atoms with Crippen molar-refractivity contribution in [1.29, 1.82) is 0 Å². The summed E-state index contributed by atoms with van der Waals surface area (Å²) in [6.07, 6.45) is -10.3. The Bertz CT molecular complexity index is 913. The van der Waals surface area contributed by atoms with Crippen molar-refractivity contribution >= 4 is 17.7 Å². The second kappa shape index (κ2) is 21.9. The van der Waals surface area contributed by atoms with Crippen molar-refractivity contribution in [3.8, 4) is 0 Å². The van der Waals surface area contributed by atoms with E-state index in [1.165, 1.54) is 18.7 Å². The highest BCUT2D eigenvalue weighted by Crippen LogP contribution is 2.22. The maximum absolute atomic E-state index is 12.7. The number of hydrogen-bond donors (Lipinski definition) is 11. The van der Waals surface area contributed by atoms with Crippen LogP contribution in [0.3, 0.4) is 0 Å². The molecule has 0 aromatic heterocycles. The van der Waals surface area contributed by atoms with Crippen molar-refractivity contribution in [3.05, 3.63) is 0 Å². The number of unbranched alkanes of at least 4 members (excludes halogenated alkanes) is 2. The Morgan fingerprint density at radius 1 is 0.646 bits per heavy atom. The first-order valence-electron chi connectivity index (χ1n) is 16.2. The first-order chi connectivity index (χ1) is 22.7. The van der Waals surface area contributed by atoms with Gasteiger partial charge in [-0.2, -0.15) is 0 Å². The van der Waals surface area contributed by atoms with Crippen LogP contribution in [0.1, 0.15) is 39.5 Å². The highest BCUT2D eigenvalue weighted by Gasteiger charge is 2.43. The summed E-state index contributed by atoms with van der Waals surface area (Å²) >= 11 is 0. The first-order valence-corrected chi connectivity index (χ1v) is 16.2. The van der Waals surface area contributed by atoms with E-state index in [0.29, 0.717) is 19.4 Å². The van der Waals surface area contributed by atoms with E-state index in [1.807, 2.05) is 0 Å². The zero-order valence-corrected chi connectivity index (χ0v) is 27.8. The number of nitrogens with zero attached hydrogens (tertiary/aromatic N) is 1. The van der Waals surface area contributed by atoms with Gasteiger partial charge in [0.05, 0.1) is 45.1 Å². The highest BCUT2D eigenvalue weighted by molar-refractivity contribution is 5.84. The molecule has 2 saturated heterocycles. The summed E-state index contributed by atoms with van der Waals surface area (Å²) in [5.74, 6) is -1.47. The zero-order chi connectivity index (χ0) is 35.8. The van der Waals surface area contributed by atoms with Crippen LogP contribution in [0.4, 0.5) is 0 Å². The molecule has 11 N–H and O–H groups in total. The van der Waals surface area contributed by atoms with Crippen LogP contribution in [-0.4, -0.2) is 186 Å². The van der Waals surface area contributed by atoms with Gasteiger partial charge in [-0.05, 0) is 40.2 Å². The van der Waals surface area contributed by atoms with Crippen molar-refractivity contribution in [1.82, 2.24) is 26.2 Å². The molecule has 0 saturated carbocycles. The van der Waals surface area contributed by atoms with Gasteiger partial charge in [0.1, 0.15) is 42.9 Å². The fourth-order valence-electron chi connectivity index (χ4n) is 4.99. The van der Waals surface area contributed by atoms with Gasteiger partial charge in [0, 0.05) is 19.6 Å². The Labute approximate surface area is 279 Å². The molecule has 0 spiro atoms. The van der Waals surface area contributed by atoms with Crippen LogP contribution in [0.15, 0.2) is 0 Å². The summed E-state index contributed by atoms with van der Waals surface area (Å²) in [6.45, 7) is 2.20. The number of ether oxygens (including phenoxy) is 4. The molecule has 0 aromatic carbocycles. The van der Waals surface area contributed by atoms with Crippen molar-refractivity contribution in [2.45, 2.75) is 107 Å². The Morgan fingerprint density at radius 3 is 1.48 bits per heavy atom. The third-order valence-corrected chi connectivity index (χ3v) is 7.94. The minimum Gasteiger partial charge on any atom is -0.388 e. The third-order valence-electron chi connectivity index (χ3n) is 7.94. The third kappa shape index (κ3) is 14.4. The van der Waals surface area contributed by atoms with E-state index in [1.54, 1.807) is 7.05 Å². The smallest absolute Gasteiger partial charge is 0.234 e. The lowest BCUT2D eigenvalue weighted by atomic mass is 10.0. The van der Waals surface area contributed by atoms with Crippen molar-refractivity contribution in [2.24, 2.45) is 0 Å². The molecule has 3 amide bonds. The van der Waals surface area contributed by atoms with Crippen LogP contribution >= 0.6 is 0 Å². The molecule has 0 bridgehead atoms. The number of hydrogen-bond acceptors (Lipinski definition) is 16. The predicted molar refractivity (Wildman–Crippen MR) is 166 cm³/mol. The van der Waals surface area contributed by atoms with E-state index in [0.717, 1.165) is 12.8 Å². The van der Waals surface area contributed by atoms with Crippen LogP contribution in [-0.2, 0) is 33.3 Å². The van der Waals surface area contributed by atoms with Gasteiger partial charge in [-0.15, -0.1) is 0 Å². The summed E-state index contributed by atoms with van der Waals surface area (Å²) in [6, 6.07) is 0. The highest BCUT2D eigenvalue weighted by atomic mass is 16.7. The maximum Gasteiger partial charge on any atom is 0.234 e. The molecule has 2 rings (SSSR count). The van der Waals surface area contributed by atoms with Gasteiger partial charge in [0.25, 0.3) is 0 Å². The van der Waals surface area contributed by atoms with Crippen LogP contribution in [0.2, 0.25) is 0 Å². The summed E-state index contributed by atoms with van der Waals surface area (Å²) in [5.41, 5.74) is 0. The topological polar surface area (TPSA) is 281 Å². The van der Waals surface area contributed by atoms with E-state index < -0.39 is 85.4 Å². The van der Waals surface area contributed by atoms with Gasteiger partial charge in [-0.25, -0.2) is 0 Å². The first kappa shape index (κ1) is 42.1. The minimum absolute atomic E-state index is 0.0241. The van der Waals surface area contributed by atoms with Crippen molar-refractivity contribution in [2.75, 3.05) is 59.5 Å². The van der Waals surface area contributed by atoms with Gasteiger partial charge in [-0.3, -0.25) is 24.6 Å². The number of carbonyl (C=O) groups excluding carboxylic acids is 3. The molecule has 19 heteroatoms. The van der Waals surface area contributed by atoms with Crippen LogP contribution in [0.5, 0.6) is 0 Å². The Morgan fingerprint density at radius 2 is 1.06 bits per heavy atom. The fraction of sp³-hybridized carbons (Fsp3) is 0.897. The lowest BCUT2D eigenvalue weighted by Crippen LogP contribution is -2.57. The quantitative estimate of drug-likeness (QED) is 0.0394. The lowest BCUT2D eigenvalue weighted by molar-refractivity contribution is -0.292. The average molecular weight is 698 g/mol. The lowest BCUT2D eigenvalue weighted by Gasteiger charge is -2.38. The molecule has 0 aromatic rings. The van der Waals surface area contributed by atoms with Gasteiger partial charge in [-0.1, -0.05) is 6.42 Å². The molecule has 0 radical (unpaired) electrons. The standard InChI is InChI=1S/C29H55N5O14/c1-16-22(39)24(41)26(43)28(47-16)45-11-9-32-20(37)14-34(13-19(36)31-8-6-4-5-7-18(35)30-3)15-21(38)33-10-12-46-29-27(44)25(42)23(40)17(2)48-29/h16-18,22-30,35,39-44H,4-15H2,1-3H3,(H,31,36)(H,32,37)(H,33,38)/t16-,17-,18?,22+,23+,24+,25+,26-,27-,28+,29+/m0/s1. The van der Waals surface area contributed by atoms with Gasteiger partial charge in [0.2, 0.25) is 17.7 Å². The SMILES string of the molecule is CNC(O)CCCCCNC(=O)CN(CC(=O)NCCO[C@@H]1O[C@@H](C)[C@@H](O)[C@@H](O)[C@@H]1O)CC(=O)NCCO[C@@H]1O[C@@H](C)[C@@H](O)[C@@H](O)[C@@H]1O. The van der Waals surface area contributed by atoms with Crippen LogP contribution in [0, 0.1) is 0 Å². The molecule has 2 aliphatic rings. The zero-order valence-electron chi connectivity index (χ0n) is 27.8. The largest absolute Gasteiger partial charge is 0.388 e. The molecular formula is C29H55N5O14. The summed E-state index contributed by atoms with van der Waals surface area (Å²) in [4.78, 5) is 39.3. The monoisotopic (exact) mass is 697 g/mol. The van der Waals surface area contributed by atoms with Crippen LogP contribution in [0.25, 0.3) is 0 Å². The molecule has 2 fully saturated rings. The second-order valence-electron chi connectivity index (χ2n) is 12.0. The maximum atomic E-state index is 12.7. The molecule has 1 unspecified atom stereocenters. The Kier molecular flexibility index (Phi) is 19.2. The van der Waals surface area contributed by atoms with E-state index in [4.69, 9.17) is 18.9 Å². The minimum atomic E-state index is -1.49. The average Bonchev–Trinajstić information content (AvgIpc) is 3.05. The number of rotatable bonds is 21. The molecule has 19 nitrogen and oxygen atoms in total. The van der Waals surface area contributed by atoms with Crippen molar-refractivity contribution in [3.63, 3.8) is 0 Å². The van der Waals surface area contributed by atoms with Gasteiger partial charge < -0.3 is 70.6 Å². The fourth-order valence-corrected chi connectivity index (χ4v) is 4.99. The second-order valence-corrected chi connectivity index (χ2v) is 12.0. The predicted octanol–water partition coefficient (Wildman–Crippen LogP) is -5.58. The number of aliphatic hydroxyl groups excluding tert-OH is 7. The molecule has 0 aliphatic carbocycles. The summed E-state index contributed by atoms with van der Waals surface area (Å²) < 4.78 is 21.5. The number of amides is 3. The van der Waals surface area contributed by atoms with E-state index in [9.17, 15) is 50.1 Å². The molecule has 2 heterocycles. The summed E-state index contributed by atoms with van der Waals surface area (Å²) in [5, 5.41) is 79.7. The molecule has 280 valence electrons.